The van der Waals surface area contributed by atoms with Gasteiger partial charge in [0.1, 0.15) is 0 Å². The van der Waals surface area contributed by atoms with Crippen LogP contribution in [0.2, 0.25) is 0 Å². The summed E-state index contributed by atoms with van der Waals surface area (Å²) in [5.74, 6) is -0.735. The average Bonchev–Trinajstić information content (AvgIpc) is 2.35. The molecule has 0 radical (unpaired) electrons. The second-order valence-electron chi connectivity index (χ2n) is 4.04. The van der Waals surface area contributed by atoms with Crippen molar-refractivity contribution < 1.29 is 9.90 Å². The fraction of sp³-hybridized carbons (Fsp3) is 0.385. The molecule has 0 saturated carbocycles. The van der Waals surface area contributed by atoms with E-state index < -0.39 is 5.97 Å². The molecule has 92 valence electrons. The zero-order valence-corrected chi connectivity index (χ0v) is 10.4. The Balaban J connectivity index is 2.67. The van der Waals surface area contributed by atoms with Crippen LogP contribution in [0.3, 0.4) is 0 Å². The standard InChI is InChI=1S/C13H18N2O2/c1-4-9(2)10(3)14-15-12-7-5-11(6-8-12)13(16)17/h5-9,15H,4H2,1-3H3,(H,16,17)/p-1/b14-10-/t9-/m0/s1. The van der Waals surface area contributed by atoms with E-state index in [1.807, 2.05) is 6.92 Å². The third-order valence-electron chi connectivity index (χ3n) is 2.81. The third-order valence-corrected chi connectivity index (χ3v) is 2.81. The van der Waals surface area contributed by atoms with Gasteiger partial charge in [-0.1, -0.05) is 26.0 Å². The van der Waals surface area contributed by atoms with Crippen LogP contribution < -0.4 is 10.5 Å². The molecule has 0 unspecified atom stereocenters. The van der Waals surface area contributed by atoms with Gasteiger partial charge in [-0.25, -0.2) is 0 Å². The SMILES string of the molecule is CC[C@H](C)/C(C)=N\Nc1ccc(C(=O)[O-])cc1. The third kappa shape index (κ3) is 3.90. The normalized spacial score (nSPS) is 13.2. The van der Waals surface area contributed by atoms with Gasteiger partial charge in [0.15, 0.2) is 0 Å². The fourth-order valence-corrected chi connectivity index (χ4v) is 1.24. The molecule has 0 saturated heterocycles. The molecule has 1 atom stereocenters. The highest BCUT2D eigenvalue weighted by Crippen LogP contribution is 2.10. The molecule has 0 spiro atoms. The lowest BCUT2D eigenvalue weighted by Crippen LogP contribution is -2.21. The largest absolute Gasteiger partial charge is 0.545 e. The molecule has 0 aromatic heterocycles. The zero-order chi connectivity index (χ0) is 12.8. The lowest BCUT2D eigenvalue weighted by molar-refractivity contribution is -0.255. The van der Waals surface area contributed by atoms with E-state index in [9.17, 15) is 9.90 Å². The van der Waals surface area contributed by atoms with E-state index in [2.05, 4.69) is 24.4 Å². The molecule has 0 aliphatic carbocycles. The summed E-state index contributed by atoms with van der Waals surface area (Å²) in [4.78, 5) is 10.5. The van der Waals surface area contributed by atoms with Crippen LogP contribution in [-0.2, 0) is 0 Å². The van der Waals surface area contributed by atoms with Gasteiger partial charge in [0.2, 0.25) is 0 Å². The van der Waals surface area contributed by atoms with Crippen molar-refractivity contribution >= 4 is 17.4 Å². The van der Waals surface area contributed by atoms with Gasteiger partial charge in [0.25, 0.3) is 0 Å². The summed E-state index contributed by atoms with van der Waals surface area (Å²) < 4.78 is 0. The Hall–Kier alpha value is -1.84. The van der Waals surface area contributed by atoms with Gasteiger partial charge in [-0.2, -0.15) is 5.10 Å². The van der Waals surface area contributed by atoms with Gasteiger partial charge < -0.3 is 9.90 Å². The Morgan fingerprint density at radius 1 is 1.41 bits per heavy atom. The van der Waals surface area contributed by atoms with Gasteiger partial charge in [-0.15, -0.1) is 0 Å². The summed E-state index contributed by atoms with van der Waals surface area (Å²) in [7, 11) is 0. The molecular formula is C13H17N2O2-. The number of aromatic carboxylic acids is 1. The molecular weight excluding hydrogens is 216 g/mol. The van der Waals surface area contributed by atoms with Crippen molar-refractivity contribution in [1.82, 2.24) is 0 Å². The number of carbonyl (C=O) groups excluding carboxylic acids is 1. The maximum Gasteiger partial charge on any atom is 0.0715 e. The van der Waals surface area contributed by atoms with Crippen molar-refractivity contribution in [1.29, 1.82) is 0 Å². The lowest BCUT2D eigenvalue weighted by atomic mass is 10.1. The van der Waals surface area contributed by atoms with Crippen LogP contribution in [0.4, 0.5) is 5.69 Å². The molecule has 0 amide bonds. The number of hydrazone groups is 1. The average molecular weight is 233 g/mol. The predicted octanol–water partition coefficient (Wildman–Crippen LogP) is 1.88. The highest BCUT2D eigenvalue weighted by atomic mass is 16.4. The minimum absolute atomic E-state index is 0.165. The quantitative estimate of drug-likeness (QED) is 0.624. The molecule has 0 heterocycles. The van der Waals surface area contributed by atoms with E-state index >= 15 is 0 Å². The Morgan fingerprint density at radius 3 is 2.47 bits per heavy atom. The van der Waals surface area contributed by atoms with Crippen LogP contribution >= 0.6 is 0 Å². The summed E-state index contributed by atoms with van der Waals surface area (Å²) in [5.41, 5.74) is 4.85. The summed E-state index contributed by atoms with van der Waals surface area (Å²) >= 11 is 0. The van der Waals surface area contributed by atoms with Crippen LogP contribution in [0.25, 0.3) is 0 Å². The van der Waals surface area contributed by atoms with Crippen LogP contribution in [0.5, 0.6) is 0 Å². The van der Waals surface area contributed by atoms with Crippen LogP contribution in [0.15, 0.2) is 29.4 Å². The number of hydrogen-bond acceptors (Lipinski definition) is 4. The number of benzene rings is 1. The summed E-state index contributed by atoms with van der Waals surface area (Å²) in [6.07, 6.45) is 1.04. The molecule has 4 nitrogen and oxygen atoms in total. The lowest BCUT2D eigenvalue weighted by Gasteiger charge is -2.09. The first-order chi connectivity index (χ1) is 8.04. The number of carbonyl (C=O) groups is 1. The smallest absolute Gasteiger partial charge is 0.0715 e. The Labute approximate surface area is 101 Å². The molecule has 17 heavy (non-hydrogen) atoms. The number of carboxylic acid groups (broad SMARTS) is 1. The van der Waals surface area contributed by atoms with Crippen LogP contribution in [0, 0.1) is 5.92 Å². The molecule has 1 rings (SSSR count). The van der Waals surface area contributed by atoms with Crippen LogP contribution in [-0.4, -0.2) is 11.7 Å². The van der Waals surface area contributed by atoms with Gasteiger partial charge in [0.05, 0.1) is 11.7 Å². The van der Waals surface area contributed by atoms with Crippen molar-refractivity contribution in [3.05, 3.63) is 29.8 Å². The molecule has 4 heteroatoms. The Bertz CT molecular complexity index is 410. The van der Waals surface area contributed by atoms with E-state index in [1.54, 1.807) is 12.1 Å². The topological polar surface area (TPSA) is 64.5 Å². The maximum atomic E-state index is 10.5. The summed E-state index contributed by atoms with van der Waals surface area (Å²) in [6.45, 7) is 6.19. The molecule has 0 aliphatic heterocycles. The fourth-order valence-electron chi connectivity index (χ4n) is 1.24. The van der Waals surface area contributed by atoms with E-state index in [0.717, 1.165) is 17.8 Å². The van der Waals surface area contributed by atoms with E-state index in [0.29, 0.717) is 5.92 Å². The molecule has 0 fully saturated rings. The predicted molar refractivity (Wildman–Crippen MR) is 67.0 cm³/mol. The molecule has 0 aliphatic rings. The van der Waals surface area contributed by atoms with Gasteiger partial charge in [0, 0.05) is 5.71 Å². The van der Waals surface area contributed by atoms with Crippen LogP contribution in [0.1, 0.15) is 37.6 Å². The van der Waals surface area contributed by atoms with Gasteiger partial charge in [-0.3, -0.25) is 5.43 Å². The first-order valence-electron chi connectivity index (χ1n) is 5.66. The van der Waals surface area contributed by atoms with Crippen molar-refractivity contribution in [3.8, 4) is 0 Å². The highest BCUT2D eigenvalue weighted by molar-refractivity contribution is 5.86. The minimum Gasteiger partial charge on any atom is -0.545 e. The number of carboxylic acids is 1. The van der Waals surface area contributed by atoms with Crippen molar-refractivity contribution in [2.45, 2.75) is 27.2 Å². The molecule has 0 bridgehead atoms. The second-order valence-corrected chi connectivity index (χ2v) is 4.04. The van der Waals surface area contributed by atoms with E-state index in [4.69, 9.17) is 0 Å². The Morgan fingerprint density at radius 2 is 2.00 bits per heavy atom. The first kappa shape index (κ1) is 13.2. The zero-order valence-electron chi connectivity index (χ0n) is 10.4. The van der Waals surface area contributed by atoms with E-state index in [1.165, 1.54) is 12.1 Å². The number of nitrogens with one attached hydrogen (secondary N) is 1. The number of anilines is 1. The summed E-state index contributed by atoms with van der Waals surface area (Å²) in [6, 6.07) is 6.31. The number of hydrogen-bond donors (Lipinski definition) is 1. The minimum atomic E-state index is -1.17. The monoisotopic (exact) mass is 233 g/mol. The summed E-state index contributed by atoms with van der Waals surface area (Å²) in [5, 5.41) is 14.8. The molecule has 1 aromatic carbocycles. The van der Waals surface area contributed by atoms with Gasteiger partial charge in [-0.05, 0) is 37.0 Å². The molecule has 1 N–H and O–H groups in total. The van der Waals surface area contributed by atoms with E-state index in [-0.39, 0.29) is 5.56 Å². The first-order valence-corrected chi connectivity index (χ1v) is 5.66. The van der Waals surface area contributed by atoms with Gasteiger partial charge >= 0.3 is 0 Å². The number of nitrogens with zero attached hydrogens (tertiary/aromatic N) is 1. The Kier molecular flexibility index (Phi) is 4.69. The molecule has 1 aromatic rings. The highest BCUT2D eigenvalue weighted by Gasteiger charge is 2.02. The second kappa shape index (κ2) is 6.03. The number of rotatable bonds is 5. The van der Waals surface area contributed by atoms with Crippen molar-refractivity contribution in [2.24, 2.45) is 11.0 Å². The maximum absolute atomic E-state index is 10.5. The van der Waals surface area contributed by atoms with Crippen molar-refractivity contribution in [3.63, 3.8) is 0 Å². The van der Waals surface area contributed by atoms with Crippen molar-refractivity contribution in [2.75, 3.05) is 5.43 Å².